The fourth-order valence-corrected chi connectivity index (χ4v) is 3.36. The first-order valence-corrected chi connectivity index (χ1v) is 9.53. The van der Waals surface area contributed by atoms with E-state index in [9.17, 15) is 14.4 Å². The van der Waals surface area contributed by atoms with Crippen molar-refractivity contribution in [2.75, 3.05) is 13.1 Å². The highest BCUT2D eigenvalue weighted by Crippen LogP contribution is 2.17. The van der Waals surface area contributed by atoms with Crippen LogP contribution in [0.1, 0.15) is 68.2 Å². The molecule has 0 bridgehead atoms. The SMILES string of the molecule is CC(C)Cn1cc(C(=O)NC(C)C)c(=O)c(C(=O)N2CCCC(C)C2)c1. The molecule has 0 radical (unpaired) electrons. The van der Waals surface area contributed by atoms with E-state index < -0.39 is 11.3 Å². The van der Waals surface area contributed by atoms with Gasteiger partial charge in [-0.1, -0.05) is 20.8 Å². The fraction of sp³-hybridized carbons (Fsp3) is 0.650. The minimum atomic E-state index is -0.480. The Labute approximate surface area is 155 Å². The highest BCUT2D eigenvalue weighted by atomic mass is 16.2. The summed E-state index contributed by atoms with van der Waals surface area (Å²) < 4.78 is 1.79. The van der Waals surface area contributed by atoms with Gasteiger partial charge in [-0.05, 0) is 38.5 Å². The Balaban J connectivity index is 2.44. The number of likely N-dealkylation sites (tertiary alicyclic amines) is 1. The van der Waals surface area contributed by atoms with Crippen molar-refractivity contribution in [3.05, 3.63) is 33.7 Å². The normalized spacial score (nSPS) is 17.7. The van der Waals surface area contributed by atoms with E-state index in [0.29, 0.717) is 31.5 Å². The van der Waals surface area contributed by atoms with Crippen LogP contribution in [-0.4, -0.2) is 40.4 Å². The van der Waals surface area contributed by atoms with E-state index in [1.54, 1.807) is 21.9 Å². The molecular weight excluding hydrogens is 330 g/mol. The average molecular weight is 361 g/mol. The van der Waals surface area contributed by atoms with E-state index in [0.717, 1.165) is 12.8 Å². The van der Waals surface area contributed by atoms with Crippen molar-refractivity contribution in [1.29, 1.82) is 0 Å². The molecular formula is C20H31N3O3. The number of aromatic nitrogens is 1. The van der Waals surface area contributed by atoms with Crippen LogP contribution in [0, 0.1) is 11.8 Å². The van der Waals surface area contributed by atoms with E-state index in [-0.39, 0.29) is 23.1 Å². The number of pyridine rings is 1. The van der Waals surface area contributed by atoms with Crippen LogP contribution in [0.4, 0.5) is 0 Å². The zero-order valence-corrected chi connectivity index (χ0v) is 16.5. The number of hydrogen-bond donors (Lipinski definition) is 1. The van der Waals surface area contributed by atoms with Crippen LogP contribution in [0.2, 0.25) is 0 Å². The fourth-order valence-electron chi connectivity index (χ4n) is 3.36. The molecule has 1 N–H and O–H groups in total. The van der Waals surface area contributed by atoms with Gasteiger partial charge in [-0.25, -0.2) is 0 Å². The highest BCUT2D eigenvalue weighted by molar-refractivity contribution is 5.99. The van der Waals surface area contributed by atoms with Crippen molar-refractivity contribution in [3.63, 3.8) is 0 Å². The number of rotatable bonds is 5. The standard InChI is InChI=1S/C20H31N3O3/c1-13(2)9-22-11-16(19(25)21-14(3)4)18(24)17(12-22)20(26)23-8-6-7-15(5)10-23/h11-15H,6-10H2,1-5H3,(H,21,25). The maximum Gasteiger partial charge on any atom is 0.259 e. The number of piperidine rings is 1. The van der Waals surface area contributed by atoms with Gasteiger partial charge < -0.3 is 14.8 Å². The summed E-state index contributed by atoms with van der Waals surface area (Å²) in [6.07, 6.45) is 5.21. The molecule has 1 fully saturated rings. The van der Waals surface area contributed by atoms with Crippen molar-refractivity contribution in [1.82, 2.24) is 14.8 Å². The van der Waals surface area contributed by atoms with Crippen LogP contribution in [0.3, 0.4) is 0 Å². The second-order valence-electron chi connectivity index (χ2n) is 8.13. The Morgan fingerprint density at radius 2 is 1.85 bits per heavy atom. The molecule has 6 nitrogen and oxygen atoms in total. The summed E-state index contributed by atoms with van der Waals surface area (Å²) in [6, 6.07) is -0.0808. The van der Waals surface area contributed by atoms with Gasteiger partial charge >= 0.3 is 0 Å². The van der Waals surface area contributed by atoms with Gasteiger partial charge in [0.1, 0.15) is 11.1 Å². The Hall–Kier alpha value is -2.11. The number of carbonyl (C=O) groups excluding carboxylic acids is 2. The molecule has 6 heteroatoms. The van der Waals surface area contributed by atoms with Crippen LogP contribution in [0.25, 0.3) is 0 Å². The minimum Gasteiger partial charge on any atom is -0.352 e. The van der Waals surface area contributed by atoms with Crippen molar-refractivity contribution in [2.45, 2.75) is 60.0 Å². The first-order chi connectivity index (χ1) is 12.2. The van der Waals surface area contributed by atoms with Gasteiger partial charge in [0, 0.05) is 38.1 Å². The lowest BCUT2D eigenvalue weighted by molar-refractivity contribution is 0.0680. The zero-order chi connectivity index (χ0) is 19.4. The zero-order valence-electron chi connectivity index (χ0n) is 16.5. The molecule has 1 unspecified atom stereocenters. The molecule has 1 saturated heterocycles. The van der Waals surface area contributed by atoms with Gasteiger partial charge in [-0.2, -0.15) is 0 Å². The number of carbonyl (C=O) groups is 2. The van der Waals surface area contributed by atoms with Crippen molar-refractivity contribution in [3.8, 4) is 0 Å². The number of hydrogen-bond acceptors (Lipinski definition) is 3. The van der Waals surface area contributed by atoms with E-state index in [4.69, 9.17) is 0 Å². The molecule has 144 valence electrons. The third kappa shape index (κ3) is 4.96. The van der Waals surface area contributed by atoms with Gasteiger partial charge in [-0.3, -0.25) is 14.4 Å². The monoisotopic (exact) mass is 361 g/mol. The highest BCUT2D eigenvalue weighted by Gasteiger charge is 2.26. The lowest BCUT2D eigenvalue weighted by Crippen LogP contribution is -2.42. The molecule has 1 aromatic rings. The summed E-state index contributed by atoms with van der Waals surface area (Å²) in [5.74, 6) is 0.0666. The molecule has 1 aliphatic rings. The smallest absolute Gasteiger partial charge is 0.259 e. The molecule has 2 amide bonds. The molecule has 2 heterocycles. The summed E-state index contributed by atoms with van der Waals surface area (Å²) >= 11 is 0. The lowest BCUT2D eigenvalue weighted by Gasteiger charge is -2.31. The van der Waals surface area contributed by atoms with Gasteiger partial charge in [-0.15, -0.1) is 0 Å². The second kappa shape index (κ2) is 8.52. The predicted octanol–water partition coefficient (Wildman–Crippen LogP) is 2.51. The topological polar surface area (TPSA) is 71.4 Å². The van der Waals surface area contributed by atoms with Gasteiger partial charge in [0.2, 0.25) is 5.43 Å². The summed E-state index contributed by atoms with van der Waals surface area (Å²) in [4.78, 5) is 40.1. The molecule has 0 spiro atoms. The van der Waals surface area contributed by atoms with E-state index >= 15 is 0 Å². The molecule has 0 aromatic carbocycles. The van der Waals surface area contributed by atoms with Crippen LogP contribution in [-0.2, 0) is 6.54 Å². The average Bonchev–Trinajstić information content (AvgIpc) is 2.54. The van der Waals surface area contributed by atoms with E-state index in [1.807, 2.05) is 13.8 Å². The molecule has 2 rings (SSSR count). The Bertz CT molecular complexity index is 722. The maximum atomic E-state index is 13.0. The van der Waals surface area contributed by atoms with Crippen molar-refractivity contribution >= 4 is 11.8 Å². The maximum absolute atomic E-state index is 13.0. The second-order valence-corrected chi connectivity index (χ2v) is 8.13. The third-order valence-corrected chi connectivity index (χ3v) is 4.49. The van der Waals surface area contributed by atoms with Crippen LogP contribution >= 0.6 is 0 Å². The Kier molecular flexibility index (Phi) is 6.62. The Morgan fingerprint density at radius 1 is 1.19 bits per heavy atom. The van der Waals surface area contributed by atoms with Crippen molar-refractivity contribution in [2.24, 2.45) is 11.8 Å². The van der Waals surface area contributed by atoms with E-state index in [1.165, 1.54) is 0 Å². The first-order valence-electron chi connectivity index (χ1n) is 9.53. The number of nitrogens with one attached hydrogen (secondary N) is 1. The molecule has 0 saturated carbocycles. The molecule has 1 aliphatic heterocycles. The molecule has 1 aromatic heterocycles. The minimum absolute atomic E-state index is 0.0373. The third-order valence-electron chi connectivity index (χ3n) is 4.49. The molecule has 0 aliphatic carbocycles. The first kappa shape index (κ1) is 20.2. The van der Waals surface area contributed by atoms with E-state index in [2.05, 4.69) is 26.1 Å². The van der Waals surface area contributed by atoms with Crippen molar-refractivity contribution < 1.29 is 9.59 Å². The van der Waals surface area contributed by atoms with Gasteiger partial charge in [0.15, 0.2) is 0 Å². The summed E-state index contributed by atoms with van der Waals surface area (Å²) in [6.45, 7) is 11.9. The van der Waals surface area contributed by atoms with Crippen LogP contribution in [0.5, 0.6) is 0 Å². The Morgan fingerprint density at radius 3 is 2.42 bits per heavy atom. The molecule has 1 atom stereocenters. The summed E-state index contributed by atoms with van der Waals surface area (Å²) in [5, 5.41) is 2.76. The summed E-state index contributed by atoms with van der Waals surface area (Å²) in [5.41, 5.74) is -0.349. The summed E-state index contributed by atoms with van der Waals surface area (Å²) in [7, 11) is 0. The van der Waals surface area contributed by atoms with Crippen LogP contribution in [0.15, 0.2) is 17.2 Å². The predicted molar refractivity (Wildman–Crippen MR) is 102 cm³/mol. The number of nitrogens with zero attached hydrogens (tertiary/aromatic N) is 2. The van der Waals surface area contributed by atoms with Gasteiger partial charge in [0.25, 0.3) is 11.8 Å². The number of amides is 2. The molecule has 26 heavy (non-hydrogen) atoms. The lowest BCUT2D eigenvalue weighted by atomic mass is 9.99. The van der Waals surface area contributed by atoms with Crippen LogP contribution < -0.4 is 10.7 Å². The largest absolute Gasteiger partial charge is 0.352 e. The quantitative estimate of drug-likeness (QED) is 0.876. The van der Waals surface area contributed by atoms with Gasteiger partial charge in [0.05, 0.1) is 0 Å².